The first kappa shape index (κ1) is 6.93. The Kier molecular flexibility index (Phi) is 3.27. The third-order valence-electron chi connectivity index (χ3n) is 0.801. The second kappa shape index (κ2) is 3.77. The minimum absolute atomic E-state index is 0.573. The highest BCUT2D eigenvalue weighted by Crippen LogP contribution is 1.95. The van der Waals surface area contributed by atoms with Crippen LogP contribution in [0.2, 0.25) is 0 Å². The molecular weight excluding hydrogens is 180 g/mol. The van der Waals surface area contributed by atoms with Crippen molar-refractivity contribution in [1.82, 2.24) is 0 Å². The smallest absolute Gasteiger partial charge is 0.318 e. The molecule has 0 aliphatic carbocycles. The second-order valence-electron chi connectivity index (χ2n) is 1.36. The largest absolute Gasteiger partial charge is 0.425 e. The summed E-state index contributed by atoms with van der Waals surface area (Å²) >= 11 is 5.48. The zero-order valence-electron chi connectivity index (χ0n) is 4.30. The van der Waals surface area contributed by atoms with Gasteiger partial charge in [0.15, 0.2) is 0 Å². The van der Waals surface area contributed by atoms with E-state index < -0.39 is 29.3 Å². The normalized spacial score (nSPS) is 36.4. The predicted molar refractivity (Wildman–Crippen MR) is 38.2 cm³/mol. The molecule has 1 heterocycles. The van der Waals surface area contributed by atoms with Crippen LogP contribution in [0.4, 0.5) is 0 Å². The molecule has 48 valence electrons. The Hall–Kier alpha value is 0.821. The summed E-state index contributed by atoms with van der Waals surface area (Å²) < 4.78 is 15.3. The monoisotopic (exact) mass is 186 g/mol. The van der Waals surface area contributed by atoms with Crippen molar-refractivity contribution in [3.8, 4) is 0 Å². The molecule has 0 amide bonds. The molecule has 1 aliphatic heterocycles. The summed E-state index contributed by atoms with van der Waals surface area (Å²) in [6.07, 6.45) is 0. The van der Waals surface area contributed by atoms with Gasteiger partial charge in [0.25, 0.3) is 20.0 Å². The number of alkyl halides is 1. The molecule has 0 atom stereocenters. The molecule has 0 unspecified atom stereocenters. The van der Waals surface area contributed by atoms with E-state index in [4.69, 9.17) is 23.9 Å². The molecule has 8 heavy (non-hydrogen) atoms. The van der Waals surface area contributed by atoms with Crippen LogP contribution in [0.25, 0.3) is 0 Å². The van der Waals surface area contributed by atoms with Gasteiger partial charge < -0.3 is 12.3 Å². The van der Waals surface area contributed by atoms with Crippen molar-refractivity contribution in [1.29, 1.82) is 0 Å². The lowest BCUT2D eigenvalue weighted by Gasteiger charge is -2.19. The van der Waals surface area contributed by atoms with Gasteiger partial charge >= 0.3 is 9.28 Å². The maximum atomic E-state index is 5.48. The van der Waals surface area contributed by atoms with Crippen molar-refractivity contribution in [2.24, 2.45) is 0 Å². The fraction of sp³-hybridized carbons (Fsp3) is 1.00. The first-order chi connectivity index (χ1) is 3.93. The molecule has 0 N–H and O–H groups in total. The summed E-state index contributed by atoms with van der Waals surface area (Å²) in [4.78, 5) is 0. The molecule has 3 nitrogen and oxygen atoms in total. The van der Waals surface area contributed by atoms with Crippen LogP contribution < -0.4 is 0 Å². The van der Waals surface area contributed by atoms with E-state index in [1.165, 1.54) is 0 Å². The van der Waals surface area contributed by atoms with Gasteiger partial charge in [-0.25, -0.2) is 0 Å². The third-order valence-corrected chi connectivity index (χ3v) is 7.20. The van der Waals surface area contributed by atoms with Gasteiger partial charge in [0, 0.05) is 0 Å². The van der Waals surface area contributed by atoms with Gasteiger partial charge in [-0.15, -0.1) is 11.6 Å². The summed E-state index contributed by atoms with van der Waals surface area (Å²) in [5.41, 5.74) is 0.573. The Morgan fingerprint density at radius 2 is 2.00 bits per heavy atom. The fourth-order valence-corrected chi connectivity index (χ4v) is 7.97. The minimum Gasteiger partial charge on any atom is -0.425 e. The first-order valence-electron chi connectivity index (χ1n) is 2.30. The van der Waals surface area contributed by atoms with E-state index in [0.29, 0.717) is 5.50 Å². The van der Waals surface area contributed by atoms with E-state index >= 15 is 0 Å². The van der Waals surface area contributed by atoms with Crippen LogP contribution in [0.3, 0.4) is 0 Å². The molecule has 0 aromatic rings. The first-order valence-corrected chi connectivity index (χ1v) is 6.90. The van der Waals surface area contributed by atoms with Gasteiger partial charge in [-0.1, -0.05) is 0 Å². The SMILES string of the molecule is ClC[SiH]1O[SiH2]O[SiH2]O1. The minimum atomic E-state index is -1.34. The highest BCUT2D eigenvalue weighted by atomic mass is 35.5. The lowest BCUT2D eigenvalue weighted by atomic mass is 11.9. The summed E-state index contributed by atoms with van der Waals surface area (Å²) in [5.74, 6) is 0. The van der Waals surface area contributed by atoms with E-state index in [-0.39, 0.29) is 0 Å². The number of rotatable bonds is 1. The van der Waals surface area contributed by atoms with E-state index in [2.05, 4.69) is 0 Å². The van der Waals surface area contributed by atoms with Gasteiger partial charge in [0.2, 0.25) is 0 Å². The zero-order chi connectivity index (χ0) is 5.82. The van der Waals surface area contributed by atoms with E-state index in [1.54, 1.807) is 0 Å². The zero-order valence-corrected chi connectivity index (χ0v) is 9.04. The van der Waals surface area contributed by atoms with Gasteiger partial charge in [-0.2, -0.15) is 0 Å². The molecule has 0 aromatic carbocycles. The average molecular weight is 187 g/mol. The van der Waals surface area contributed by atoms with E-state index in [1.807, 2.05) is 0 Å². The van der Waals surface area contributed by atoms with Crippen LogP contribution >= 0.6 is 11.6 Å². The Balaban J connectivity index is 2.13. The number of hydrogen-bond acceptors (Lipinski definition) is 3. The third kappa shape index (κ3) is 1.97. The lowest BCUT2D eigenvalue weighted by Crippen LogP contribution is -2.36. The number of hydrogen-bond donors (Lipinski definition) is 0. The molecular formula is CH7ClO3Si3. The summed E-state index contributed by atoms with van der Waals surface area (Å²) in [6.45, 7) is 0. The van der Waals surface area contributed by atoms with Crippen molar-refractivity contribution >= 4 is 40.9 Å². The summed E-state index contributed by atoms with van der Waals surface area (Å²) in [7, 11) is -2.61. The summed E-state index contributed by atoms with van der Waals surface area (Å²) in [6, 6.07) is 0. The highest BCUT2D eigenvalue weighted by molar-refractivity contribution is 6.66. The Labute approximate surface area is 59.2 Å². The van der Waals surface area contributed by atoms with Crippen molar-refractivity contribution in [2.45, 2.75) is 0 Å². The quantitative estimate of drug-likeness (QED) is 0.352. The standard InChI is InChI=1S/CH7ClO3Si3/c2-1-8-4-6-3-7-5-8/h8H,1,6-7H2. The molecule has 0 saturated carbocycles. The van der Waals surface area contributed by atoms with Gasteiger partial charge in [-0.3, -0.25) is 0 Å². The molecule has 7 heteroatoms. The average Bonchev–Trinajstić information content (AvgIpc) is 1.90. The Morgan fingerprint density at radius 1 is 1.38 bits per heavy atom. The fourth-order valence-electron chi connectivity index (χ4n) is 0.419. The van der Waals surface area contributed by atoms with E-state index in [0.717, 1.165) is 0 Å². The van der Waals surface area contributed by atoms with Crippen molar-refractivity contribution in [3.63, 3.8) is 0 Å². The lowest BCUT2D eigenvalue weighted by molar-refractivity contribution is 0.327. The van der Waals surface area contributed by atoms with Crippen LogP contribution in [-0.2, 0) is 12.3 Å². The maximum absolute atomic E-state index is 5.48. The second-order valence-corrected chi connectivity index (χ2v) is 8.22. The maximum Gasteiger partial charge on any atom is 0.318 e. The van der Waals surface area contributed by atoms with Gasteiger partial charge in [0.05, 0.1) is 5.50 Å². The topological polar surface area (TPSA) is 27.7 Å². The molecule has 0 bridgehead atoms. The number of halogens is 1. The molecule has 1 rings (SSSR count). The highest BCUT2D eigenvalue weighted by Gasteiger charge is 2.15. The predicted octanol–water partition coefficient (Wildman–Crippen LogP) is -1.95. The Morgan fingerprint density at radius 3 is 2.38 bits per heavy atom. The summed E-state index contributed by atoms with van der Waals surface area (Å²) in [5, 5.41) is 0. The van der Waals surface area contributed by atoms with Crippen LogP contribution in [0.1, 0.15) is 0 Å². The van der Waals surface area contributed by atoms with Crippen LogP contribution in [0, 0.1) is 0 Å². The Bertz CT molecular complexity index is 65.5. The molecule has 1 fully saturated rings. The van der Waals surface area contributed by atoms with Crippen molar-refractivity contribution < 1.29 is 12.3 Å². The van der Waals surface area contributed by atoms with E-state index in [9.17, 15) is 0 Å². The molecule has 0 radical (unpaired) electrons. The van der Waals surface area contributed by atoms with Gasteiger partial charge in [-0.05, 0) is 0 Å². The molecule has 1 saturated heterocycles. The molecule has 0 aromatic heterocycles. The van der Waals surface area contributed by atoms with Crippen LogP contribution in [-0.4, -0.2) is 34.8 Å². The molecule has 1 aliphatic rings. The molecule has 0 spiro atoms. The van der Waals surface area contributed by atoms with Crippen LogP contribution in [0.15, 0.2) is 0 Å². The van der Waals surface area contributed by atoms with Crippen LogP contribution in [0.5, 0.6) is 0 Å². The van der Waals surface area contributed by atoms with Gasteiger partial charge in [0.1, 0.15) is 0 Å². The van der Waals surface area contributed by atoms with Crippen molar-refractivity contribution in [2.75, 3.05) is 5.50 Å². The van der Waals surface area contributed by atoms with Crippen molar-refractivity contribution in [3.05, 3.63) is 0 Å².